The van der Waals surface area contributed by atoms with E-state index >= 15 is 0 Å². The van der Waals surface area contributed by atoms with Crippen molar-refractivity contribution >= 4 is 43.8 Å². The van der Waals surface area contributed by atoms with Gasteiger partial charge in [-0.15, -0.1) is 0 Å². The number of hydrogen-bond acceptors (Lipinski definition) is 5. The Hall–Kier alpha value is -3.69. The van der Waals surface area contributed by atoms with Crippen LogP contribution in [0, 0.1) is 6.92 Å². The zero-order valence-electron chi connectivity index (χ0n) is 18.8. The minimum atomic E-state index is -3.98. The maximum atomic E-state index is 13.7. The molecule has 0 radical (unpaired) electrons. The van der Waals surface area contributed by atoms with Crippen LogP contribution < -0.4 is 9.73 Å². The Morgan fingerprint density at radius 2 is 1.63 bits per heavy atom. The third-order valence-electron chi connectivity index (χ3n) is 5.15. The van der Waals surface area contributed by atoms with Crippen LogP contribution in [0.1, 0.15) is 27.4 Å². The first kappa shape index (κ1) is 24.4. The van der Waals surface area contributed by atoms with Gasteiger partial charge in [-0.25, -0.2) is 13.8 Å². The number of nitrogens with one attached hydrogen (secondary N) is 1. The van der Waals surface area contributed by atoms with Crippen LogP contribution in [0.3, 0.4) is 0 Å². The normalized spacial score (nSPS) is 11.5. The molecule has 3 aromatic carbocycles. The van der Waals surface area contributed by atoms with Crippen LogP contribution in [0.15, 0.2) is 110 Å². The van der Waals surface area contributed by atoms with Crippen molar-refractivity contribution in [3.63, 3.8) is 0 Å². The van der Waals surface area contributed by atoms with Crippen molar-refractivity contribution in [3.8, 4) is 0 Å². The molecule has 0 aliphatic carbocycles. The summed E-state index contributed by atoms with van der Waals surface area (Å²) in [4.78, 5) is 13.2. The Morgan fingerprint density at radius 3 is 2.29 bits per heavy atom. The van der Waals surface area contributed by atoms with Crippen molar-refractivity contribution < 1.29 is 17.6 Å². The van der Waals surface area contributed by atoms with Gasteiger partial charge in [-0.3, -0.25) is 9.10 Å². The number of hydrazone groups is 1. The van der Waals surface area contributed by atoms with E-state index in [2.05, 4.69) is 26.5 Å². The van der Waals surface area contributed by atoms with Crippen molar-refractivity contribution in [2.75, 3.05) is 4.31 Å². The van der Waals surface area contributed by atoms with Gasteiger partial charge in [0.05, 0.1) is 33.4 Å². The van der Waals surface area contributed by atoms with Crippen LogP contribution in [0.4, 0.5) is 5.69 Å². The molecule has 1 heterocycles. The topological polar surface area (TPSA) is 92.0 Å². The fraction of sp³-hybridized carbons (Fsp3) is 0.0769. The van der Waals surface area contributed by atoms with E-state index in [9.17, 15) is 13.2 Å². The molecule has 0 saturated carbocycles. The molecule has 0 aliphatic heterocycles. The molecule has 0 spiro atoms. The number of aryl methyl sites for hydroxylation is 1. The van der Waals surface area contributed by atoms with Crippen LogP contribution in [0.5, 0.6) is 0 Å². The molecule has 1 N–H and O–H groups in total. The van der Waals surface area contributed by atoms with Crippen LogP contribution in [0.2, 0.25) is 0 Å². The summed E-state index contributed by atoms with van der Waals surface area (Å²) in [7, 11) is -3.98. The lowest BCUT2D eigenvalue weighted by atomic mass is 10.1. The Balaban J connectivity index is 1.69. The van der Waals surface area contributed by atoms with Gasteiger partial charge in [0.2, 0.25) is 0 Å². The number of hydrogen-bond donors (Lipinski definition) is 1. The summed E-state index contributed by atoms with van der Waals surface area (Å²) in [5.74, 6) is 0.589. The number of halogens is 1. The second kappa shape index (κ2) is 10.7. The molecule has 0 aliphatic rings. The van der Waals surface area contributed by atoms with Gasteiger partial charge >= 0.3 is 0 Å². The first-order valence-corrected chi connectivity index (χ1v) is 12.9. The molecule has 9 heteroatoms. The number of rotatable bonds is 8. The molecule has 0 bridgehead atoms. The number of benzene rings is 3. The van der Waals surface area contributed by atoms with Gasteiger partial charge in [0.25, 0.3) is 15.9 Å². The van der Waals surface area contributed by atoms with E-state index in [4.69, 9.17) is 4.42 Å². The Labute approximate surface area is 212 Å². The Kier molecular flexibility index (Phi) is 7.48. The maximum Gasteiger partial charge on any atom is 0.273 e. The number of anilines is 1. The summed E-state index contributed by atoms with van der Waals surface area (Å²) >= 11 is 3.36. The molecule has 1 amide bonds. The van der Waals surface area contributed by atoms with Gasteiger partial charge in [0.1, 0.15) is 11.5 Å². The third kappa shape index (κ3) is 5.70. The van der Waals surface area contributed by atoms with E-state index in [1.54, 1.807) is 55.5 Å². The molecule has 4 aromatic rings. The lowest BCUT2D eigenvalue weighted by Gasteiger charge is -2.26. The second-order valence-corrected chi connectivity index (χ2v) is 10.3. The number of sulfonamides is 1. The number of amides is 1. The minimum Gasteiger partial charge on any atom is -0.459 e. The summed E-state index contributed by atoms with van der Waals surface area (Å²) in [6, 6.07) is 25.6. The zero-order valence-corrected chi connectivity index (χ0v) is 21.2. The predicted octanol–water partition coefficient (Wildman–Crippen LogP) is 5.51. The van der Waals surface area contributed by atoms with Gasteiger partial charge in [-0.2, -0.15) is 5.10 Å². The maximum absolute atomic E-state index is 13.7. The zero-order chi connectivity index (χ0) is 24.8. The Morgan fingerprint density at radius 1 is 1.00 bits per heavy atom. The lowest BCUT2D eigenvalue weighted by molar-refractivity contribution is 0.0955. The third-order valence-corrected chi connectivity index (χ3v) is 7.71. The van der Waals surface area contributed by atoms with Gasteiger partial charge in [-0.05, 0) is 52.7 Å². The fourth-order valence-electron chi connectivity index (χ4n) is 3.41. The van der Waals surface area contributed by atoms with Gasteiger partial charge < -0.3 is 4.42 Å². The van der Waals surface area contributed by atoms with E-state index in [0.29, 0.717) is 11.5 Å². The summed E-state index contributed by atoms with van der Waals surface area (Å²) in [6.07, 6.45) is 1.38. The molecule has 0 fully saturated rings. The van der Waals surface area contributed by atoms with E-state index in [1.807, 2.05) is 30.3 Å². The highest BCUT2D eigenvalue weighted by molar-refractivity contribution is 9.10. The average Bonchev–Trinajstić information content (AvgIpc) is 3.20. The van der Waals surface area contributed by atoms with E-state index in [1.165, 1.54) is 22.7 Å². The van der Waals surface area contributed by atoms with Gasteiger partial charge in [-0.1, -0.05) is 60.7 Å². The molecule has 4 rings (SSSR count). The highest BCUT2D eigenvalue weighted by Gasteiger charge is 2.28. The number of carbonyl (C=O) groups excluding carboxylic acids is 1. The lowest BCUT2D eigenvalue weighted by Crippen LogP contribution is -2.33. The van der Waals surface area contributed by atoms with Crippen LogP contribution in [-0.4, -0.2) is 20.5 Å². The number of nitrogens with zero attached hydrogens (tertiary/aromatic N) is 2. The minimum absolute atomic E-state index is 0.0470. The van der Waals surface area contributed by atoms with Crippen molar-refractivity contribution in [1.82, 2.24) is 5.43 Å². The van der Waals surface area contributed by atoms with Gasteiger partial charge in [0.15, 0.2) is 0 Å². The van der Waals surface area contributed by atoms with Gasteiger partial charge in [0, 0.05) is 6.07 Å². The summed E-state index contributed by atoms with van der Waals surface area (Å²) in [5, 5.41) is 3.97. The molecule has 35 heavy (non-hydrogen) atoms. The highest BCUT2D eigenvalue weighted by Crippen LogP contribution is 2.29. The summed E-state index contributed by atoms with van der Waals surface area (Å²) in [6.45, 7) is 1.84. The highest BCUT2D eigenvalue weighted by atomic mass is 79.9. The van der Waals surface area contributed by atoms with Crippen LogP contribution in [0.25, 0.3) is 0 Å². The molecule has 0 atom stereocenters. The predicted molar refractivity (Wildman–Crippen MR) is 139 cm³/mol. The first-order chi connectivity index (χ1) is 16.9. The van der Waals surface area contributed by atoms with E-state index in [0.717, 1.165) is 10.0 Å². The summed E-state index contributed by atoms with van der Waals surface area (Å²) in [5.41, 5.74) is 3.64. The molecular weight excluding hydrogens is 530 g/mol. The molecule has 178 valence electrons. The number of carbonyl (C=O) groups is 1. The largest absolute Gasteiger partial charge is 0.459 e. The van der Waals surface area contributed by atoms with Crippen molar-refractivity contribution in [2.24, 2.45) is 5.10 Å². The van der Waals surface area contributed by atoms with Crippen LogP contribution >= 0.6 is 15.9 Å². The molecule has 7 nitrogen and oxygen atoms in total. The van der Waals surface area contributed by atoms with Crippen molar-refractivity contribution in [2.45, 2.75) is 18.4 Å². The van der Waals surface area contributed by atoms with Crippen LogP contribution in [-0.2, 0) is 16.6 Å². The molecular formula is C26H22BrN3O4S. The second-order valence-electron chi connectivity index (χ2n) is 7.58. The Bertz CT molecular complexity index is 1430. The first-order valence-electron chi connectivity index (χ1n) is 10.7. The molecule has 0 unspecified atom stereocenters. The summed E-state index contributed by atoms with van der Waals surface area (Å²) < 4.78 is 34.9. The number of para-hydroxylation sites is 1. The van der Waals surface area contributed by atoms with Crippen molar-refractivity contribution in [1.29, 1.82) is 0 Å². The van der Waals surface area contributed by atoms with E-state index in [-0.39, 0.29) is 22.7 Å². The molecule has 0 saturated heterocycles. The standard InChI is InChI=1S/C26H22BrN3O4S/c1-19-24(27)16-21(34-19)17-28-29-26(31)23-14-8-9-15-25(23)30(18-20-10-4-2-5-11-20)35(32,33)22-12-6-3-7-13-22/h2-17H,18H2,1H3,(H,29,31)/b28-17+. The SMILES string of the molecule is Cc1oc(/C=N/NC(=O)c2ccccc2N(Cc2ccccc2)S(=O)(=O)c2ccccc2)cc1Br. The monoisotopic (exact) mass is 551 g/mol. The quantitative estimate of drug-likeness (QED) is 0.231. The average molecular weight is 552 g/mol. The van der Waals surface area contributed by atoms with Crippen molar-refractivity contribution in [3.05, 3.63) is 118 Å². The number of furan rings is 1. The molecule has 1 aromatic heterocycles. The van der Waals surface area contributed by atoms with E-state index < -0.39 is 15.9 Å². The fourth-order valence-corrected chi connectivity index (χ4v) is 5.21. The smallest absolute Gasteiger partial charge is 0.273 e.